The Bertz CT molecular complexity index is 673. The monoisotopic (exact) mass is 344 g/mol. The van der Waals surface area contributed by atoms with Crippen molar-refractivity contribution in [3.8, 4) is 0 Å². The van der Waals surface area contributed by atoms with Crippen molar-refractivity contribution in [2.75, 3.05) is 19.6 Å². The van der Waals surface area contributed by atoms with Crippen LogP contribution in [-0.4, -0.2) is 35.9 Å². The van der Waals surface area contributed by atoms with Gasteiger partial charge in [0.1, 0.15) is 11.4 Å². The lowest BCUT2D eigenvalue weighted by molar-refractivity contribution is 0.0672. The van der Waals surface area contributed by atoms with Gasteiger partial charge in [0.2, 0.25) is 0 Å². The lowest BCUT2D eigenvalue weighted by Gasteiger charge is -2.22. The first-order chi connectivity index (χ1) is 11.9. The molecule has 3 N–H and O–H groups in total. The molecule has 1 aromatic heterocycles. The fourth-order valence-corrected chi connectivity index (χ4v) is 2.63. The summed E-state index contributed by atoms with van der Waals surface area (Å²) in [4.78, 5) is 4.53. The Morgan fingerprint density at radius 3 is 2.56 bits per heavy atom. The molecule has 0 fully saturated rings. The first-order valence-electron chi connectivity index (χ1n) is 8.66. The third-order valence-electron chi connectivity index (χ3n) is 4.13. The molecule has 0 saturated heterocycles. The normalized spacial score (nSPS) is 14.2. The van der Waals surface area contributed by atoms with Gasteiger partial charge in [-0.15, -0.1) is 0 Å². The maximum atomic E-state index is 10.7. The summed E-state index contributed by atoms with van der Waals surface area (Å²) in [6.45, 7) is 9.40. The molecule has 1 unspecified atom stereocenters. The highest BCUT2D eigenvalue weighted by Crippen LogP contribution is 2.20. The van der Waals surface area contributed by atoms with Crippen LogP contribution in [0.5, 0.6) is 0 Å². The molecule has 1 heterocycles. The van der Waals surface area contributed by atoms with Gasteiger partial charge in [0, 0.05) is 18.7 Å². The Labute approximate surface area is 149 Å². The molecule has 0 amide bonds. The molecule has 1 atom stereocenters. The molecule has 0 bridgehead atoms. The Morgan fingerprint density at radius 1 is 1.24 bits per heavy atom. The van der Waals surface area contributed by atoms with E-state index in [0.29, 0.717) is 12.5 Å². The van der Waals surface area contributed by atoms with Crippen molar-refractivity contribution in [1.82, 2.24) is 15.8 Å². The first-order valence-corrected chi connectivity index (χ1v) is 8.66. The molecule has 2 aromatic rings. The predicted octanol–water partition coefficient (Wildman–Crippen LogP) is 2.30. The van der Waals surface area contributed by atoms with Crippen LogP contribution >= 0.6 is 0 Å². The second kappa shape index (κ2) is 8.67. The van der Waals surface area contributed by atoms with Gasteiger partial charge < -0.3 is 20.3 Å². The summed E-state index contributed by atoms with van der Waals surface area (Å²) >= 11 is 0. The Morgan fingerprint density at radius 2 is 1.96 bits per heavy atom. The summed E-state index contributed by atoms with van der Waals surface area (Å²) in [7, 11) is 0. The highest BCUT2D eigenvalue weighted by molar-refractivity contribution is 5.79. The summed E-state index contributed by atoms with van der Waals surface area (Å²) < 4.78 is 5.18. The van der Waals surface area contributed by atoms with Gasteiger partial charge in [-0.25, -0.2) is 4.99 Å². The minimum absolute atomic E-state index is 0.275. The van der Waals surface area contributed by atoms with Crippen LogP contribution in [0.15, 0.2) is 39.8 Å². The van der Waals surface area contributed by atoms with Crippen molar-refractivity contribution in [3.05, 3.63) is 52.9 Å². The molecule has 0 aliphatic rings. The summed E-state index contributed by atoms with van der Waals surface area (Å²) in [6.07, 6.45) is 0.806. The van der Waals surface area contributed by atoms with E-state index < -0.39 is 5.60 Å². The van der Waals surface area contributed by atoms with Crippen molar-refractivity contribution in [2.24, 2.45) is 4.99 Å². The van der Waals surface area contributed by atoms with Crippen molar-refractivity contribution >= 4 is 5.96 Å². The Balaban J connectivity index is 1.96. The van der Waals surface area contributed by atoms with Gasteiger partial charge in [0.15, 0.2) is 5.96 Å². The standard InChI is InChI=1S/C19H28N4O2/c1-5-20-18(21-12-11-17-14(2)23-25-15(17)3)22-13-19(4,24)16-9-7-6-8-10-16/h6-10,24H,5,11-13H2,1-4H3,(H2,20,21,22). The van der Waals surface area contributed by atoms with Crippen LogP contribution in [0.4, 0.5) is 0 Å². The number of guanidine groups is 1. The molecule has 0 radical (unpaired) electrons. The van der Waals surface area contributed by atoms with Crippen molar-refractivity contribution in [1.29, 1.82) is 0 Å². The van der Waals surface area contributed by atoms with Gasteiger partial charge in [-0.05, 0) is 39.7 Å². The second-order valence-electron chi connectivity index (χ2n) is 6.31. The van der Waals surface area contributed by atoms with Crippen LogP contribution in [0.2, 0.25) is 0 Å². The number of nitrogens with one attached hydrogen (secondary N) is 2. The second-order valence-corrected chi connectivity index (χ2v) is 6.31. The lowest BCUT2D eigenvalue weighted by atomic mass is 9.96. The molecule has 25 heavy (non-hydrogen) atoms. The number of aliphatic imine (C=N–C) groups is 1. The smallest absolute Gasteiger partial charge is 0.191 e. The largest absolute Gasteiger partial charge is 0.384 e. The zero-order valence-electron chi connectivity index (χ0n) is 15.5. The van der Waals surface area contributed by atoms with Crippen LogP contribution in [-0.2, 0) is 12.0 Å². The van der Waals surface area contributed by atoms with Gasteiger partial charge >= 0.3 is 0 Å². The fourth-order valence-electron chi connectivity index (χ4n) is 2.63. The number of hydrogen-bond donors (Lipinski definition) is 3. The summed E-state index contributed by atoms with van der Waals surface area (Å²) in [5.41, 5.74) is 1.89. The van der Waals surface area contributed by atoms with E-state index in [-0.39, 0.29) is 6.54 Å². The van der Waals surface area contributed by atoms with Gasteiger partial charge in [-0.2, -0.15) is 0 Å². The number of hydrogen-bond acceptors (Lipinski definition) is 4. The van der Waals surface area contributed by atoms with Crippen LogP contribution in [0.3, 0.4) is 0 Å². The van der Waals surface area contributed by atoms with Gasteiger partial charge in [0.05, 0.1) is 12.2 Å². The maximum Gasteiger partial charge on any atom is 0.191 e. The predicted molar refractivity (Wildman–Crippen MR) is 99.7 cm³/mol. The molecule has 1 aromatic carbocycles. The molecule has 0 aliphatic heterocycles. The maximum absolute atomic E-state index is 10.7. The molecule has 0 aliphatic carbocycles. The number of nitrogens with zero attached hydrogens (tertiary/aromatic N) is 2. The van der Waals surface area contributed by atoms with E-state index in [2.05, 4.69) is 20.8 Å². The number of rotatable bonds is 7. The Kier molecular flexibility index (Phi) is 6.58. The number of aromatic nitrogens is 1. The van der Waals surface area contributed by atoms with E-state index >= 15 is 0 Å². The number of aliphatic hydroxyl groups is 1. The summed E-state index contributed by atoms with van der Waals surface area (Å²) in [6, 6.07) is 9.59. The zero-order chi connectivity index (χ0) is 18.3. The molecule has 6 nitrogen and oxygen atoms in total. The zero-order valence-corrected chi connectivity index (χ0v) is 15.5. The molecule has 6 heteroatoms. The van der Waals surface area contributed by atoms with Crippen molar-refractivity contribution < 1.29 is 9.63 Å². The molecule has 0 saturated carbocycles. The highest BCUT2D eigenvalue weighted by atomic mass is 16.5. The minimum atomic E-state index is -1.01. The molecule has 2 rings (SSSR count). The average molecular weight is 344 g/mol. The van der Waals surface area contributed by atoms with E-state index in [9.17, 15) is 5.11 Å². The lowest BCUT2D eigenvalue weighted by Crippen LogP contribution is -2.39. The number of benzene rings is 1. The van der Waals surface area contributed by atoms with E-state index in [4.69, 9.17) is 4.52 Å². The van der Waals surface area contributed by atoms with Crippen LogP contribution < -0.4 is 10.6 Å². The third-order valence-corrected chi connectivity index (χ3v) is 4.13. The molecular formula is C19H28N4O2. The van der Waals surface area contributed by atoms with Crippen LogP contribution in [0.1, 0.15) is 36.4 Å². The van der Waals surface area contributed by atoms with Crippen molar-refractivity contribution in [3.63, 3.8) is 0 Å². The molecular weight excluding hydrogens is 316 g/mol. The van der Waals surface area contributed by atoms with Crippen LogP contribution in [0, 0.1) is 13.8 Å². The van der Waals surface area contributed by atoms with Gasteiger partial charge in [-0.3, -0.25) is 0 Å². The fraction of sp³-hybridized carbons (Fsp3) is 0.474. The van der Waals surface area contributed by atoms with Crippen molar-refractivity contribution in [2.45, 2.75) is 39.7 Å². The topological polar surface area (TPSA) is 82.7 Å². The Hall–Kier alpha value is -2.34. The third kappa shape index (κ3) is 5.32. The van der Waals surface area contributed by atoms with E-state index in [1.54, 1.807) is 6.92 Å². The van der Waals surface area contributed by atoms with Gasteiger partial charge in [0.25, 0.3) is 0 Å². The minimum Gasteiger partial charge on any atom is -0.384 e. The summed E-state index contributed by atoms with van der Waals surface area (Å²) in [5, 5.41) is 21.1. The molecule has 0 spiro atoms. The van der Waals surface area contributed by atoms with E-state index in [1.165, 1.54) is 0 Å². The molecule has 136 valence electrons. The first kappa shape index (κ1) is 19.0. The average Bonchev–Trinajstić information content (AvgIpc) is 2.92. The van der Waals surface area contributed by atoms with Crippen LogP contribution in [0.25, 0.3) is 0 Å². The number of aryl methyl sites for hydroxylation is 2. The van der Waals surface area contributed by atoms with E-state index in [1.807, 2.05) is 51.1 Å². The van der Waals surface area contributed by atoms with Gasteiger partial charge in [-0.1, -0.05) is 35.5 Å². The SMILES string of the molecule is CCNC(=NCC(C)(O)c1ccccc1)NCCc1c(C)noc1C. The quantitative estimate of drug-likeness (QED) is 0.530. The highest BCUT2D eigenvalue weighted by Gasteiger charge is 2.22. The summed E-state index contributed by atoms with van der Waals surface area (Å²) in [5.74, 6) is 1.54. The van der Waals surface area contributed by atoms with E-state index in [0.717, 1.165) is 35.5 Å².